The van der Waals surface area contributed by atoms with Crippen LogP contribution in [-0.2, 0) is 10.0 Å². The van der Waals surface area contributed by atoms with Crippen LogP contribution < -0.4 is 10.6 Å². The van der Waals surface area contributed by atoms with Crippen molar-refractivity contribution in [3.63, 3.8) is 0 Å². The quantitative estimate of drug-likeness (QED) is 0.786. The second kappa shape index (κ2) is 8.57. The monoisotopic (exact) mass is 418 g/mol. The maximum atomic E-state index is 12.7. The van der Waals surface area contributed by atoms with Gasteiger partial charge < -0.3 is 15.5 Å². The fraction of sp³-hybridized carbons (Fsp3) is 0.524. The number of benzene rings is 1. The second-order valence-electron chi connectivity index (χ2n) is 7.90. The largest absolute Gasteiger partial charge is 0.356 e. The number of likely N-dealkylation sites (tertiary alicyclic amines) is 1. The Balaban J connectivity index is 1.68. The first kappa shape index (κ1) is 21.4. The number of amides is 2. The van der Waals surface area contributed by atoms with Crippen LogP contribution in [0.4, 0.5) is 4.79 Å². The van der Waals surface area contributed by atoms with E-state index in [1.807, 2.05) is 56.9 Å². The number of hydrogen-bond donors (Lipinski definition) is 2. The van der Waals surface area contributed by atoms with Gasteiger partial charge >= 0.3 is 6.03 Å². The van der Waals surface area contributed by atoms with Crippen molar-refractivity contribution in [2.45, 2.75) is 59.0 Å². The third-order valence-electron chi connectivity index (χ3n) is 5.57. The molecule has 7 nitrogen and oxygen atoms in total. The fourth-order valence-corrected chi connectivity index (χ4v) is 5.16. The number of urea groups is 1. The van der Waals surface area contributed by atoms with E-state index < -0.39 is 10.0 Å². The third-order valence-corrected chi connectivity index (χ3v) is 7.05. The summed E-state index contributed by atoms with van der Waals surface area (Å²) in [5, 5.41) is 5.93. The lowest BCUT2D eigenvalue weighted by Gasteiger charge is -2.34. The van der Waals surface area contributed by atoms with Crippen molar-refractivity contribution >= 4 is 26.8 Å². The molecule has 2 aliphatic heterocycles. The zero-order valence-electron chi connectivity index (χ0n) is 17.5. The molecule has 2 heterocycles. The van der Waals surface area contributed by atoms with E-state index in [2.05, 4.69) is 15.0 Å². The highest BCUT2D eigenvalue weighted by Gasteiger charge is 2.35. The van der Waals surface area contributed by atoms with Crippen molar-refractivity contribution in [2.24, 2.45) is 4.40 Å². The average Bonchev–Trinajstić information content (AvgIpc) is 2.92. The summed E-state index contributed by atoms with van der Waals surface area (Å²) in [5.74, 6) is 0.531. The summed E-state index contributed by atoms with van der Waals surface area (Å²) in [4.78, 5) is 14.3. The van der Waals surface area contributed by atoms with E-state index in [0.717, 1.165) is 24.8 Å². The van der Waals surface area contributed by atoms with Crippen LogP contribution in [0.25, 0.3) is 4.91 Å². The molecule has 1 aromatic carbocycles. The minimum absolute atomic E-state index is 0.0785. The number of sulfonamides is 1. The summed E-state index contributed by atoms with van der Waals surface area (Å²) in [7, 11) is -3.70. The van der Waals surface area contributed by atoms with Crippen LogP contribution in [0.3, 0.4) is 0 Å². The van der Waals surface area contributed by atoms with Crippen LogP contribution in [0.2, 0.25) is 0 Å². The number of amidine groups is 1. The number of carbonyl (C=O) groups excluding carboxylic acids is 1. The standard InChI is InChI=1S/C21H30N4O3S/c1-5-15(3)22-21(26)23-18-10-12-25(13-11-18)20-16(4)19(29(27,28)24-20)17-8-6-14(2)7-9-17/h6-9,15,18H,5,10-13H2,1-4H3,(H2,22,23,26). The van der Waals surface area contributed by atoms with Crippen molar-refractivity contribution in [2.75, 3.05) is 13.1 Å². The molecule has 2 N–H and O–H groups in total. The lowest BCUT2D eigenvalue weighted by atomic mass is 10.0. The Morgan fingerprint density at radius 3 is 2.41 bits per heavy atom. The Bertz CT molecular complexity index is 927. The van der Waals surface area contributed by atoms with Crippen LogP contribution in [0.5, 0.6) is 0 Å². The van der Waals surface area contributed by atoms with Crippen LogP contribution >= 0.6 is 0 Å². The van der Waals surface area contributed by atoms with Crippen LogP contribution in [0.1, 0.15) is 51.2 Å². The van der Waals surface area contributed by atoms with Gasteiger partial charge in [-0.15, -0.1) is 4.40 Å². The predicted molar refractivity (Wildman–Crippen MR) is 116 cm³/mol. The van der Waals surface area contributed by atoms with Crippen molar-refractivity contribution in [1.82, 2.24) is 15.5 Å². The Morgan fingerprint density at radius 1 is 1.21 bits per heavy atom. The van der Waals surface area contributed by atoms with E-state index in [4.69, 9.17) is 0 Å². The van der Waals surface area contributed by atoms with E-state index in [0.29, 0.717) is 35.0 Å². The molecule has 0 aliphatic carbocycles. The molecule has 29 heavy (non-hydrogen) atoms. The highest BCUT2D eigenvalue weighted by Crippen LogP contribution is 2.34. The van der Waals surface area contributed by atoms with Crippen molar-refractivity contribution < 1.29 is 13.2 Å². The van der Waals surface area contributed by atoms with Crippen LogP contribution in [0.15, 0.2) is 34.2 Å². The SMILES string of the molecule is CCC(C)NC(=O)NC1CCN(C2=NS(=O)(=O)C(c3ccc(C)cc3)=C2C)CC1. The molecule has 0 saturated carbocycles. The minimum atomic E-state index is -3.70. The maximum absolute atomic E-state index is 12.7. The first-order valence-corrected chi connectivity index (χ1v) is 11.6. The normalized spacial score (nSPS) is 20.4. The summed E-state index contributed by atoms with van der Waals surface area (Å²) < 4.78 is 29.5. The Morgan fingerprint density at radius 2 is 1.83 bits per heavy atom. The molecule has 0 spiro atoms. The number of nitrogens with one attached hydrogen (secondary N) is 2. The highest BCUT2D eigenvalue weighted by molar-refractivity contribution is 8.00. The molecule has 1 aromatic rings. The van der Waals surface area contributed by atoms with E-state index in [-0.39, 0.29) is 18.1 Å². The number of hydrogen-bond acceptors (Lipinski definition) is 4. The number of nitrogens with zero attached hydrogens (tertiary/aromatic N) is 2. The summed E-state index contributed by atoms with van der Waals surface area (Å²) in [5.41, 5.74) is 2.44. The van der Waals surface area contributed by atoms with Gasteiger partial charge in [0.15, 0.2) is 0 Å². The van der Waals surface area contributed by atoms with Gasteiger partial charge in [-0.05, 0) is 45.6 Å². The number of rotatable bonds is 4. The summed E-state index contributed by atoms with van der Waals surface area (Å²) in [6.45, 7) is 9.10. The Labute approximate surface area is 173 Å². The molecule has 1 unspecified atom stereocenters. The molecule has 1 saturated heterocycles. The molecule has 1 fully saturated rings. The van der Waals surface area contributed by atoms with Gasteiger partial charge in [0.25, 0.3) is 10.0 Å². The van der Waals surface area contributed by atoms with Gasteiger partial charge in [-0.25, -0.2) is 4.79 Å². The van der Waals surface area contributed by atoms with Gasteiger partial charge in [-0.3, -0.25) is 0 Å². The zero-order valence-corrected chi connectivity index (χ0v) is 18.3. The van der Waals surface area contributed by atoms with Gasteiger partial charge in [0.1, 0.15) is 10.7 Å². The van der Waals surface area contributed by atoms with Gasteiger partial charge in [0.05, 0.1) is 0 Å². The summed E-state index contributed by atoms with van der Waals surface area (Å²) in [6, 6.07) is 7.55. The van der Waals surface area contributed by atoms with Crippen LogP contribution in [-0.4, -0.2) is 50.4 Å². The van der Waals surface area contributed by atoms with Gasteiger partial charge in [0.2, 0.25) is 0 Å². The average molecular weight is 419 g/mol. The molecule has 0 bridgehead atoms. The van der Waals surface area contributed by atoms with Gasteiger partial charge in [0, 0.05) is 30.7 Å². The number of aryl methyl sites for hydroxylation is 1. The lowest BCUT2D eigenvalue weighted by molar-refractivity contribution is 0.223. The van der Waals surface area contributed by atoms with Gasteiger partial charge in [-0.2, -0.15) is 8.42 Å². The number of carbonyl (C=O) groups is 1. The molecule has 1 atom stereocenters. The molecule has 2 aliphatic rings. The molecule has 158 valence electrons. The topological polar surface area (TPSA) is 90.9 Å². The van der Waals surface area contributed by atoms with E-state index in [1.165, 1.54) is 0 Å². The maximum Gasteiger partial charge on any atom is 0.315 e. The highest BCUT2D eigenvalue weighted by atomic mass is 32.2. The van der Waals surface area contributed by atoms with Crippen molar-refractivity contribution in [1.29, 1.82) is 0 Å². The third kappa shape index (κ3) is 4.80. The first-order valence-electron chi connectivity index (χ1n) is 10.2. The Hall–Kier alpha value is -2.35. The molecular formula is C21H30N4O3S. The van der Waals surface area contributed by atoms with E-state index in [1.54, 1.807) is 0 Å². The predicted octanol–water partition coefficient (Wildman–Crippen LogP) is 3.03. The van der Waals surface area contributed by atoms with Crippen molar-refractivity contribution in [3.05, 3.63) is 41.0 Å². The Kier molecular flexibility index (Phi) is 6.31. The van der Waals surface area contributed by atoms with Crippen molar-refractivity contribution in [3.8, 4) is 0 Å². The smallest absolute Gasteiger partial charge is 0.315 e. The molecular weight excluding hydrogens is 388 g/mol. The number of piperidine rings is 1. The zero-order chi connectivity index (χ0) is 21.2. The van der Waals surface area contributed by atoms with Crippen LogP contribution in [0, 0.1) is 6.92 Å². The first-order chi connectivity index (χ1) is 13.7. The molecule has 3 rings (SSSR count). The summed E-state index contributed by atoms with van der Waals surface area (Å²) in [6.07, 6.45) is 2.38. The van der Waals surface area contributed by atoms with Gasteiger partial charge in [-0.1, -0.05) is 36.8 Å². The lowest BCUT2D eigenvalue weighted by Crippen LogP contribution is -2.50. The molecule has 0 radical (unpaired) electrons. The second-order valence-corrected chi connectivity index (χ2v) is 9.44. The molecule has 8 heteroatoms. The fourth-order valence-electron chi connectivity index (χ4n) is 3.68. The van der Waals surface area contributed by atoms with E-state index in [9.17, 15) is 13.2 Å². The molecule has 2 amide bonds. The summed E-state index contributed by atoms with van der Waals surface area (Å²) >= 11 is 0. The van der Waals surface area contributed by atoms with E-state index >= 15 is 0 Å². The minimum Gasteiger partial charge on any atom is -0.356 e. The molecule has 0 aromatic heterocycles.